The fraction of sp³-hybridized carbons (Fsp3) is 0. The molecule has 8 aromatic carbocycles. The zero-order valence-corrected chi connectivity index (χ0v) is 30.8. The molecule has 0 amide bonds. The first-order valence-corrected chi connectivity index (χ1v) is 18.5. The topological polar surface area (TPSA) is 172 Å². The molecule has 0 bridgehead atoms. The largest absolute Gasteiger partial charge is 0.508 e. The van der Waals surface area contributed by atoms with Crippen molar-refractivity contribution in [2.45, 2.75) is 0 Å². The molecule has 284 valence electrons. The molecule has 0 aliphatic rings. The van der Waals surface area contributed by atoms with Crippen LogP contribution < -0.4 is 5.46 Å². The van der Waals surface area contributed by atoms with Crippen LogP contribution in [0.1, 0.15) is 0 Å². The normalized spacial score (nSPS) is 11.7. The van der Waals surface area contributed by atoms with E-state index in [9.17, 15) is 40.9 Å². The summed E-state index contributed by atoms with van der Waals surface area (Å²) in [6.07, 6.45) is 0. The van der Waals surface area contributed by atoms with Gasteiger partial charge in [-0.15, -0.1) is 0 Å². The van der Waals surface area contributed by atoms with Crippen molar-refractivity contribution < 1.29 is 40.9 Å². The van der Waals surface area contributed by atoms with Gasteiger partial charge < -0.3 is 50.0 Å². The van der Waals surface area contributed by atoms with Gasteiger partial charge in [-0.1, -0.05) is 78.9 Å². The van der Waals surface area contributed by atoms with E-state index in [4.69, 9.17) is 7.85 Å². The van der Waals surface area contributed by atoms with E-state index in [0.29, 0.717) is 11.0 Å². The van der Waals surface area contributed by atoms with Crippen LogP contribution in [-0.4, -0.2) is 57.8 Å². The van der Waals surface area contributed by atoms with Gasteiger partial charge >= 0.3 is 0 Å². The summed E-state index contributed by atoms with van der Waals surface area (Å²) in [5.74, 6) is -6.29. The van der Waals surface area contributed by atoms with Crippen LogP contribution in [0.3, 0.4) is 0 Å². The Hall–Kier alpha value is -8.18. The molecule has 0 atom stereocenters. The highest BCUT2D eigenvalue weighted by molar-refractivity contribution is 6.37. The molecule has 0 aliphatic heterocycles. The number of phenolic OH excluding ortho intramolecular Hbond substituents is 8. The van der Waals surface area contributed by atoms with Crippen molar-refractivity contribution in [3.05, 3.63) is 140 Å². The Labute approximate surface area is 336 Å². The first-order chi connectivity index (χ1) is 28.5. The van der Waals surface area contributed by atoms with Crippen LogP contribution in [0.15, 0.2) is 140 Å². The Morgan fingerprint density at radius 2 is 0.881 bits per heavy atom. The van der Waals surface area contributed by atoms with E-state index < -0.39 is 51.5 Å². The lowest BCUT2D eigenvalue weighted by molar-refractivity contribution is 0.362. The minimum absolute atomic E-state index is 0.133. The number of rotatable bonds is 5. The molecule has 0 fully saturated rings. The first-order valence-electron chi connectivity index (χ1n) is 18.5. The molecule has 8 N–H and O–H groups in total. The van der Waals surface area contributed by atoms with Crippen LogP contribution in [0.2, 0.25) is 0 Å². The SMILES string of the molecule is [B]c1c(O)c(O)c(O)c(-c2ccc(-c3c(O)cc(O)c(O)c3O)c(-n3c4ccccc4c4cc(-c5ccc6c(c5)c5ccccc5n6-c5ccccc5)ccc43)c2)c1O. The minimum atomic E-state index is -0.938. The minimum Gasteiger partial charge on any atom is -0.508 e. The third-order valence-electron chi connectivity index (χ3n) is 11.2. The van der Waals surface area contributed by atoms with Crippen LogP contribution in [0, 0.1) is 0 Å². The Kier molecular flexibility index (Phi) is 7.73. The second-order valence-electron chi connectivity index (χ2n) is 14.4. The number of nitrogens with zero attached hydrogens (tertiary/aromatic N) is 2. The second kappa shape index (κ2) is 12.9. The van der Waals surface area contributed by atoms with E-state index in [-0.39, 0.29) is 27.9 Å². The van der Waals surface area contributed by atoms with Gasteiger partial charge in [-0.05, 0) is 76.8 Å². The van der Waals surface area contributed by atoms with Gasteiger partial charge in [-0.2, -0.15) is 0 Å². The summed E-state index contributed by atoms with van der Waals surface area (Å²) in [5.41, 5.74) is 6.07. The van der Waals surface area contributed by atoms with E-state index in [1.165, 1.54) is 12.1 Å². The number of para-hydroxylation sites is 3. The first kappa shape index (κ1) is 35.3. The molecular formula is C48H31BN2O8. The van der Waals surface area contributed by atoms with Gasteiger partial charge in [-0.25, -0.2) is 0 Å². The summed E-state index contributed by atoms with van der Waals surface area (Å²) in [6.45, 7) is 0. The van der Waals surface area contributed by atoms with Gasteiger partial charge in [0.1, 0.15) is 19.3 Å². The summed E-state index contributed by atoms with van der Waals surface area (Å²) in [4.78, 5) is 0. The van der Waals surface area contributed by atoms with Gasteiger partial charge in [0.05, 0.1) is 38.9 Å². The molecule has 2 radical (unpaired) electrons. The van der Waals surface area contributed by atoms with E-state index in [0.717, 1.165) is 55.5 Å². The van der Waals surface area contributed by atoms with Gasteiger partial charge in [0.15, 0.2) is 23.0 Å². The van der Waals surface area contributed by atoms with Gasteiger partial charge in [0.25, 0.3) is 0 Å². The molecule has 2 aromatic heterocycles. The highest BCUT2D eigenvalue weighted by Gasteiger charge is 2.27. The van der Waals surface area contributed by atoms with E-state index >= 15 is 0 Å². The van der Waals surface area contributed by atoms with Crippen molar-refractivity contribution >= 4 is 56.9 Å². The fourth-order valence-corrected chi connectivity index (χ4v) is 8.39. The quantitative estimate of drug-likeness (QED) is 0.0486. The van der Waals surface area contributed by atoms with Crippen LogP contribution in [-0.2, 0) is 0 Å². The van der Waals surface area contributed by atoms with Crippen molar-refractivity contribution in [2.24, 2.45) is 0 Å². The fourth-order valence-electron chi connectivity index (χ4n) is 8.39. The van der Waals surface area contributed by atoms with Crippen LogP contribution >= 0.6 is 0 Å². The summed E-state index contributed by atoms with van der Waals surface area (Å²) in [7, 11) is 5.92. The Bertz CT molecular complexity index is 3360. The van der Waals surface area contributed by atoms with Crippen LogP contribution in [0.5, 0.6) is 46.0 Å². The number of fused-ring (bicyclic) bond motifs is 6. The number of phenols is 8. The van der Waals surface area contributed by atoms with Gasteiger partial charge in [-0.3, -0.25) is 0 Å². The van der Waals surface area contributed by atoms with Crippen molar-refractivity contribution in [3.63, 3.8) is 0 Å². The molecule has 0 saturated heterocycles. The highest BCUT2D eigenvalue weighted by atomic mass is 16.3. The van der Waals surface area contributed by atoms with E-state index in [1.807, 2.05) is 71.3 Å². The molecule has 0 aliphatic carbocycles. The maximum atomic E-state index is 11.2. The van der Waals surface area contributed by atoms with Crippen molar-refractivity contribution in [3.8, 4) is 90.8 Å². The van der Waals surface area contributed by atoms with Crippen LogP contribution in [0.4, 0.5) is 0 Å². The smallest absolute Gasteiger partial charge is 0.201 e. The van der Waals surface area contributed by atoms with Crippen molar-refractivity contribution in [1.82, 2.24) is 9.13 Å². The molecule has 0 unspecified atom stereocenters. The lowest BCUT2D eigenvalue weighted by Crippen LogP contribution is -2.06. The third kappa shape index (κ3) is 5.15. The lowest BCUT2D eigenvalue weighted by atomic mass is 9.87. The highest BCUT2D eigenvalue weighted by Crippen LogP contribution is 2.52. The Balaban J connectivity index is 1.23. The zero-order valence-electron chi connectivity index (χ0n) is 30.8. The number of benzene rings is 8. The van der Waals surface area contributed by atoms with Crippen molar-refractivity contribution in [1.29, 1.82) is 0 Å². The average molecular weight is 775 g/mol. The monoisotopic (exact) mass is 774 g/mol. The Morgan fingerprint density at radius 1 is 0.356 bits per heavy atom. The standard InChI is InChI=1S/C48H31BN2O8/c49-42-44(55)40(45(56)48(59)47(42)58)26-14-17-30(41-38(52)23-39(53)43(54)46(41)57)37(22-26)51-34-13-7-5-11-29(34)32-21-25(16-19-36(32)51)24-15-18-35-31(20-24)28-10-4-6-12-33(28)50(35)27-8-2-1-3-9-27/h1-23,52-59H. The Morgan fingerprint density at radius 3 is 1.53 bits per heavy atom. The molecule has 10 aromatic rings. The molecular weight excluding hydrogens is 743 g/mol. The maximum absolute atomic E-state index is 11.2. The number of aromatic nitrogens is 2. The second-order valence-corrected chi connectivity index (χ2v) is 14.4. The van der Waals surface area contributed by atoms with Crippen molar-refractivity contribution in [2.75, 3.05) is 0 Å². The predicted octanol–water partition coefficient (Wildman–Crippen LogP) is 9.32. The predicted molar refractivity (Wildman–Crippen MR) is 230 cm³/mol. The third-order valence-corrected chi connectivity index (χ3v) is 11.2. The molecule has 10 rings (SSSR count). The molecule has 0 saturated carbocycles. The lowest BCUT2D eigenvalue weighted by Gasteiger charge is -2.20. The van der Waals surface area contributed by atoms with E-state index in [2.05, 4.69) is 53.1 Å². The number of aromatic hydroxyl groups is 8. The number of hydrogen-bond acceptors (Lipinski definition) is 8. The molecule has 11 heteroatoms. The molecule has 10 nitrogen and oxygen atoms in total. The van der Waals surface area contributed by atoms with Crippen LogP contribution in [0.25, 0.3) is 88.4 Å². The van der Waals surface area contributed by atoms with E-state index in [1.54, 1.807) is 6.07 Å². The summed E-state index contributed by atoms with van der Waals surface area (Å²) >= 11 is 0. The summed E-state index contributed by atoms with van der Waals surface area (Å²) in [6, 6.07) is 44.0. The maximum Gasteiger partial charge on any atom is 0.201 e. The average Bonchev–Trinajstić information content (AvgIpc) is 3.77. The summed E-state index contributed by atoms with van der Waals surface area (Å²) in [5, 5.41) is 89.8. The van der Waals surface area contributed by atoms with Gasteiger partial charge in [0, 0.05) is 38.9 Å². The zero-order chi connectivity index (χ0) is 40.9. The molecule has 0 spiro atoms. The summed E-state index contributed by atoms with van der Waals surface area (Å²) < 4.78 is 4.12. The molecule has 2 heterocycles. The number of hydrogen-bond donors (Lipinski definition) is 8. The van der Waals surface area contributed by atoms with Gasteiger partial charge in [0.2, 0.25) is 11.5 Å². The molecule has 59 heavy (non-hydrogen) atoms.